The van der Waals surface area contributed by atoms with Crippen molar-refractivity contribution in [1.82, 2.24) is 5.32 Å². The summed E-state index contributed by atoms with van der Waals surface area (Å²) < 4.78 is 17.2. The van der Waals surface area contributed by atoms with Crippen LogP contribution in [0.3, 0.4) is 0 Å². The molecular weight excluding hydrogens is 456 g/mol. The first-order valence-electron chi connectivity index (χ1n) is 9.28. The highest BCUT2D eigenvalue weighted by Gasteiger charge is 2.12. The zero-order valence-electron chi connectivity index (χ0n) is 16.7. The van der Waals surface area contributed by atoms with E-state index in [1.54, 1.807) is 24.3 Å². The van der Waals surface area contributed by atoms with Gasteiger partial charge in [-0.1, -0.05) is 6.07 Å². The predicted molar refractivity (Wildman–Crippen MR) is 122 cm³/mol. The lowest BCUT2D eigenvalue weighted by Gasteiger charge is -2.13. The van der Waals surface area contributed by atoms with Crippen LogP contribution in [0.1, 0.15) is 31.1 Å². The fourth-order valence-corrected chi connectivity index (χ4v) is 3.04. The highest BCUT2D eigenvalue weighted by atomic mass is 79.9. The number of thiocarbonyl (C=S) groups is 1. The van der Waals surface area contributed by atoms with E-state index in [0.717, 1.165) is 0 Å². The maximum absolute atomic E-state index is 12.5. The number of nitrogens with one attached hydrogen (secondary N) is 2. The molecule has 0 aliphatic heterocycles. The average Bonchev–Trinajstić information content (AvgIpc) is 2.66. The van der Waals surface area contributed by atoms with Gasteiger partial charge in [-0.2, -0.15) is 0 Å². The van der Waals surface area contributed by atoms with Crippen molar-refractivity contribution in [3.63, 3.8) is 0 Å². The van der Waals surface area contributed by atoms with Crippen LogP contribution in [0, 0.1) is 0 Å². The van der Waals surface area contributed by atoms with E-state index in [4.69, 9.17) is 26.4 Å². The number of hydrogen-bond acceptors (Lipinski definition) is 5. The van der Waals surface area contributed by atoms with E-state index in [2.05, 4.69) is 26.6 Å². The van der Waals surface area contributed by atoms with Gasteiger partial charge in [0.1, 0.15) is 18.1 Å². The fourth-order valence-electron chi connectivity index (χ4n) is 2.36. The van der Waals surface area contributed by atoms with Crippen molar-refractivity contribution in [3.8, 4) is 11.5 Å². The molecule has 0 aliphatic rings. The Kier molecular flexibility index (Phi) is 9.37. The summed E-state index contributed by atoms with van der Waals surface area (Å²) in [7, 11) is 0. The smallest absolute Gasteiger partial charge is 0.257 e. The minimum absolute atomic E-state index is 0.0432. The number of carbonyl (C=O) groups is 1. The summed E-state index contributed by atoms with van der Waals surface area (Å²) in [6.07, 6.45) is 0.0432. The Morgan fingerprint density at radius 1 is 1.17 bits per heavy atom. The van der Waals surface area contributed by atoms with Crippen LogP contribution in [-0.4, -0.2) is 36.9 Å². The first kappa shape index (κ1) is 23.1. The summed E-state index contributed by atoms with van der Waals surface area (Å²) in [5, 5.41) is 5.85. The van der Waals surface area contributed by atoms with E-state index in [1.165, 1.54) is 0 Å². The fraction of sp³-hybridized carbons (Fsp3) is 0.333. The van der Waals surface area contributed by atoms with Gasteiger partial charge in [0.05, 0.1) is 17.2 Å². The number of hydrogen-bond donors (Lipinski definition) is 2. The van der Waals surface area contributed by atoms with Crippen LogP contribution >= 0.6 is 28.1 Å². The van der Waals surface area contributed by atoms with E-state index < -0.39 is 0 Å². The largest absolute Gasteiger partial charge is 0.491 e. The molecule has 0 fully saturated rings. The summed E-state index contributed by atoms with van der Waals surface area (Å²) in [4.78, 5) is 12.5. The second-order valence-corrected chi connectivity index (χ2v) is 7.56. The van der Waals surface area contributed by atoms with Crippen LogP contribution in [0.5, 0.6) is 11.5 Å². The molecule has 2 N–H and O–H groups in total. The van der Waals surface area contributed by atoms with Gasteiger partial charge < -0.3 is 19.5 Å². The third kappa shape index (κ3) is 8.00. The molecular formula is C21H25BrN2O4S. The zero-order chi connectivity index (χ0) is 21.2. The van der Waals surface area contributed by atoms with Gasteiger partial charge in [0.2, 0.25) is 0 Å². The average molecular weight is 481 g/mol. The SMILES string of the molecule is CCOCCOc1cccc(NC(=S)NC(=O)c2ccc(OC(C)C)c(Br)c2)c1. The van der Waals surface area contributed by atoms with Crippen LogP contribution in [0.25, 0.3) is 0 Å². The third-order valence-electron chi connectivity index (χ3n) is 3.58. The second kappa shape index (κ2) is 11.7. The van der Waals surface area contributed by atoms with E-state index in [9.17, 15) is 4.79 Å². The minimum Gasteiger partial charge on any atom is -0.491 e. The molecule has 6 nitrogen and oxygen atoms in total. The summed E-state index contributed by atoms with van der Waals surface area (Å²) in [6, 6.07) is 12.5. The van der Waals surface area contributed by atoms with Crippen LogP contribution < -0.4 is 20.1 Å². The molecule has 0 aliphatic carbocycles. The molecule has 0 unspecified atom stereocenters. The number of carbonyl (C=O) groups excluding carboxylic acids is 1. The number of halogens is 1. The maximum atomic E-state index is 12.5. The van der Waals surface area contributed by atoms with Crippen molar-refractivity contribution in [3.05, 3.63) is 52.5 Å². The van der Waals surface area contributed by atoms with E-state index in [-0.39, 0.29) is 17.1 Å². The highest BCUT2D eigenvalue weighted by Crippen LogP contribution is 2.27. The molecule has 8 heteroatoms. The standard InChI is InChI=1S/C21H25BrN2O4S/c1-4-26-10-11-27-17-7-5-6-16(13-17)23-21(29)24-20(25)15-8-9-19(18(22)12-15)28-14(2)3/h5-9,12-14H,4,10-11H2,1-3H3,(H2,23,24,25,29). The number of rotatable bonds is 9. The first-order valence-corrected chi connectivity index (χ1v) is 10.5. The van der Waals surface area contributed by atoms with E-state index in [1.807, 2.05) is 39.0 Å². The summed E-state index contributed by atoms with van der Waals surface area (Å²) in [5.41, 5.74) is 1.18. The van der Waals surface area contributed by atoms with Gasteiger partial charge in [-0.05, 0) is 79.3 Å². The van der Waals surface area contributed by atoms with Gasteiger partial charge >= 0.3 is 0 Å². The molecule has 0 bridgehead atoms. The third-order valence-corrected chi connectivity index (χ3v) is 4.40. The molecule has 2 rings (SSSR count). The second-order valence-electron chi connectivity index (χ2n) is 6.29. The van der Waals surface area contributed by atoms with E-state index in [0.29, 0.717) is 47.0 Å². The van der Waals surface area contributed by atoms with Gasteiger partial charge in [-0.15, -0.1) is 0 Å². The minimum atomic E-state index is -0.316. The molecule has 0 heterocycles. The Balaban J connectivity index is 1.91. The van der Waals surface area contributed by atoms with Crippen molar-refractivity contribution in [1.29, 1.82) is 0 Å². The number of anilines is 1. The Labute approximate surface area is 185 Å². The molecule has 0 aromatic heterocycles. The molecule has 2 aromatic carbocycles. The first-order chi connectivity index (χ1) is 13.9. The molecule has 0 spiro atoms. The van der Waals surface area contributed by atoms with E-state index >= 15 is 0 Å². The zero-order valence-corrected chi connectivity index (χ0v) is 19.1. The Morgan fingerprint density at radius 2 is 1.97 bits per heavy atom. The van der Waals surface area contributed by atoms with Crippen molar-refractivity contribution < 1.29 is 19.0 Å². The van der Waals surface area contributed by atoms with Crippen LogP contribution in [0.15, 0.2) is 46.9 Å². The quantitative estimate of drug-likeness (QED) is 0.397. The lowest BCUT2D eigenvalue weighted by molar-refractivity contribution is 0.0977. The molecule has 2 aromatic rings. The summed E-state index contributed by atoms with van der Waals surface area (Å²) >= 11 is 8.68. The lowest BCUT2D eigenvalue weighted by atomic mass is 10.2. The molecule has 0 saturated heterocycles. The maximum Gasteiger partial charge on any atom is 0.257 e. The topological polar surface area (TPSA) is 68.8 Å². The molecule has 0 saturated carbocycles. The summed E-state index contributed by atoms with van der Waals surface area (Å²) in [5.74, 6) is 1.05. The van der Waals surface area contributed by atoms with Crippen molar-refractivity contribution in [2.24, 2.45) is 0 Å². The molecule has 156 valence electrons. The molecule has 1 amide bonds. The Morgan fingerprint density at radius 3 is 2.66 bits per heavy atom. The number of benzene rings is 2. The monoisotopic (exact) mass is 480 g/mol. The van der Waals surface area contributed by atoms with Crippen molar-refractivity contribution >= 4 is 44.9 Å². The normalized spacial score (nSPS) is 10.5. The van der Waals surface area contributed by atoms with Gasteiger partial charge in [-0.3, -0.25) is 10.1 Å². The molecule has 0 radical (unpaired) electrons. The van der Waals surface area contributed by atoms with Crippen LogP contribution in [0.2, 0.25) is 0 Å². The van der Waals surface area contributed by atoms with Gasteiger partial charge in [0.25, 0.3) is 5.91 Å². The molecule has 0 atom stereocenters. The Hall–Kier alpha value is -2.16. The van der Waals surface area contributed by atoms with Gasteiger partial charge in [-0.25, -0.2) is 0 Å². The van der Waals surface area contributed by atoms with Gasteiger partial charge in [0, 0.05) is 23.9 Å². The number of ether oxygens (including phenoxy) is 3. The summed E-state index contributed by atoms with van der Waals surface area (Å²) in [6.45, 7) is 7.46. The highest BCUT2D eigenvalue weighted by molar-refractivity contribution is 9.10. The van der Waals surface area contributed by atoms with Crippen LogP contribution in [0.4, 0.5) is 5.69 Å². The predicted octanol–water partition coefficient (Wildman–Crippen LogP) is 4.78. The lowest BCUT2D eigenvalue weighted by Crippen LogP contribution is -2.34. The van der Waals surface area contributed by atoms with Crippen molar-refractivity contribution in [2.75, 3.05) is 25.1 Å². The number of amides is 1. The van der Waals surface area contributed by atoms with Gasteiger partial charge in [0.15, 0.2) is 5.11 Å². The Bertz CT molecular complexity index is 845. The van der Waals surface area contributed by atoms with Crippen molar-refractivity contribution in [2.45, 2.75) is 26.9 Å². The van der Waals surface area contributed by atoms with Crippen LogP contribution in [-0.2, 0) is 4.74 Å². The molecule has 29 heavy (non-hydrogen) atoms.